The Bertz CT molecular complexity index is 1070. The van der Waals surface area contributed by atoms with Crippen LogP contribution in [0.5, 0.6) is 5.75 Å². The SMILES string of the molecule is CCOC(=O)N1CCC(NC(=O)CN2C(=O)COc3ccc(S(=O)(=O)N4CCOCC4)cc32)CC1. The van der Waals surface area contributed by atoms with E-state index in [-0.39, 0.29) is 54.9 Å². The molecule has 3 amide bonds. The van der Waals surface area contributed by atoms with E-state index in [1.54, 1.807) is 11.8 Å². The van der Waals surface area contributed by atoms with E-state index in [4.69, 9.17) is 14.2 Å². The van der Waals surface area contributed by atoms with Crippen LogP contribution in [0.1, 0.15) is 19.8 Å². The number of hydrogen-bond acceptors (Lipinski definition) is 8. The molecule has 3 aliphatic heterocycles. The van der Waals surface area contributed by atoms with Crippen molar-refractivity contribution in [1.29, 1.82) is 0 Å². The van der Waals surface area contributed by atoms with Crippen LogP contribution >= 0.6 is 0 Å². The molecule has 1 aromatic rings. The van der Waals surface area contributed by atoms with E-state index in [0.29, 0.717) is 51.5 Å². The normalized spacial score (nSPS) is 19.6. The van der Waals surface area contributed by atoms with Gasteiger partial charge < -0.3 is 24.4 Å². The fraction of sp³-hybridized carbons (Fsp3) is 0.591. The van der Waals surface area contributed by atoms with Crippen LogP contribution in [0.25, 0.3) is 0 Å². The predicted molar refractivity (Wildman–Crippen MR) is 124 cm³/mol. The number of nitrogens with zero attached hydrogens (tertiary/aromatic N) is 3. The monoisotopic (exact) mass is 510 g/mol. The minimum Gasteiger partial charge on any atom is -0.482 e. The van der Waals surface area contributed by atoms with Crippen LogP contribution in [0.15, 0.2) is 23.1 Å². The Morgan fingerprint density at radius 2 is 1.86 bits per heavy atom. The zero-order valence-electron chi connectivity index (χ0n) is 19.6. The number of rotatable bonds is 6. The van der Waals surface area contributed by atoms with E-state index < -0.39 is 15.9 Å². The Hall–Kier alpha value is -2.90. The Balaban J connectivity index is 1.43. The highest BCUT2D eigenvalue weighted by molar-refractivity contribution is 7.89. The summed E-state index contributed by atoms with van der Waals surface area (Å²) in [5.74, 6) is -0.478. The number of nitrogens with one attached hydrogen (secondary N) is 1. The second-order valence-electron chi connectivity index (χ2n) is 8.44. The van der Waals surface area contributed by atoms with Crippen molar-refractivity contribution in [1.82, 2.24) is 14.5 Å². The summed E-state index contributed by atoms with van der Waals surface area (Å²) in [6.07, 6.45) is 0.774. The number of piperidine rings is 1. The van der Waals surface area contributed by atoms with Crippen molar-refractivity contribution in [3.63, 3.8) is 0 Å². The van der Waals surface area contributed by atoms with Crippen molar-refractivity contribution >= 4 is 33.6 Å². The number of anilines is 1. The van der Waals surface area contributed by atoms with Gasteiger partial charge in [0, 0.05) is 32.2 Å². The van der Waals surface area contributed by atoms with Crippen molar-refractivity contribution in [2.45, 2.75) is 30.7 Å². The zero-order valence-corrected chi connectivity index (χ0v) is 20.4. The molecule has 2 saturated heterocycles. The van der Waals surface area contributed by atoms with Gasteiger partial charge in [-0.2, -0.15) is 4.31 Å². The predicted octanol–water partition coefficient (Wildman–Crippen LogP) is 0.170. The Kier molecular flexibility index (Phi) is 7.77. The maximum Gasteiger partial charge on any atom is 0.409 e. The first-order chi connectivity index (χ1) is 16.8. The van der Waals surface area contributed by atoms with Crippen LogP contribution in [0.4, 0.5) is 10.5 Å². The van der Waals surface area contributed by atoms with Gasteiger partial charge in [0.15, 0.2) is 6.61 Å². The molecule has 0 aromatic heterocycles. The molecule has 13 heteroatoms. The van der Waals surface area contributed by atoms with E-state index >= 15 is 0 Å². The molecule has 0 saturated carbocycles. The molecule has 35 heavy (non-hydrogen) atoms. The molecular formula is C22H30N4O8S. The summed E-state index contributed by atoms with van der Waals surface area (Å²) in [6, 6.07) is 4.18. The molecule has 12 nitrogen and oxygen atoms in total. The van der Waals surface area contributed by atoms with Gasteiger partial charge >= 0.3 is 6.09 Å². The number of benzene rings is 1. The maximum atomic E-state index is 13.1. The van der Waals surface area contributed by atoms with Gasteiger partial charge in [-0.15, -0.1) is 0 Å². The molecule has 4 rings (SSSR count). The highest BCUT2D eigenvalue weighted by Gasteiger charge is 2.32. The number of sulfonamides is 1. The first-order valence-corrected chi connectivity index (χ1v) is 13.1. The number of ether oxygens (including phenoxy) is 3. The topological polar surface area (TPSA) is 135 Å². The number of carbonyl (C=O) groups is 3. The Labute approximate surface area is 204 Å². The van der Waals surface area contributed by atoms with Crippen LogP contribution in [-0.2, 0) is 29.1 Å². The Morgan fingerprint density at radius 1 is 1.14 bits per heavy atom. The molecule has 2 fully saturated rings. The summed E-state index contributed by atoms with van der Waals surface area (Å²) in [4.78, 5) is 40.1. The smallest absolute Gasteiger partial charge is 0.409 e. The number of amides is 3. The van der Waals surface area contributed by atoms with Gasteiger partial charge in [-0.1, -0.05) is 0 Å². The van der Waals surface area contributed by atoms with Crippen molar-refractivity contribution < 1.29 is 37.0 Å². The number of likely N-dealkylation sites (tertiary alicyclic amines) is 1. The second-order valence-corrected chi connectivity index (χ2v) is 10.4. The lowest BCUT2D eigenvalue weighted by Gasteiger charge is -2.33. The highest BCUT2D eigenvalue weighted by Crippen LogP contribution is 2.35. The summed E-state index contributed by atoms with van der Waals surface area (Å²) in [5, 5.41) is 2.91. The third kappa shape index (κ3) is 5.68. The van der Waals surface area contributed by atoms with Gasteiger partial charge in [0.25, 0.3) is 5.91 Å². The molecular weight excluding hydrogens is 480 g/mol. The van der Waals surface area contributed by atoms with Crippen molar-refractivity contribution in [3.05, 3.63) is 18.2 Å². The number of hydrogen-bond donors (Lipinski definition) is 1. The Morgan fingerprint density at radius 3 is 2.54 bits per heavy atom. The summed E-state index contributed by atoms with van der Waals surface area (Å²) in [7, 11) is -3.79. The molecule has 3 aliphatic rings. The number of carbonyl (C=O) groups excluding carboxylic acids is 3. The van der Waals surface area contributed by atoms with E-state index in [0.717, 1.165) is 0 Å². The molecule has 0 atom stereocenters. The molecule has 1 aromatic carbocycles. The summed E-state index contributed by atoms with van der Waals surface area (Å²) >= 11 is 0. The number of fused-ring (bicyclic) bond motifs is 1. The molecule has 0 aliphatic carbocycles. The number of morpholine rings is 1. The van der Waals surface area contributed by atoms with Crippen molar-refractivity contribution in [3.8, 4) is 5.75 Å². The van der Waals surface area contributed by atoms with Crippen LogP contribution in [-0.4, -0.2) is 101 Å². The van der Waals surface area contributed by atoms with Crippen molar-refractivity contribution in [2.75, 3.05) is 64.1 Å². The fourth-order valence-electron chi connectivity index (χ4n) is 4.29. The molecule has 0 bridgehead atoms. The molecule has 3 heterocycles. The lowest BCUT2D eigenvalue weighted by atomic mass is 10.1. The third-order valence-corrected chi connectivity index (χ3v) is 8.06. The summed E-state index contributed by atoms with van der Waals surface area (Å²) in [6.45, 7) is 3.59. The second kappa shape index (κ2) is 10.8. The van der Waals surface area contributed by atoms with Crippen molar-refractivity contribution in [2.24, 2.45) is 0 Å². The van der Waals surface area contributed by atoms with Gasteiger partial charge in [-0.05, 0) is 38.0 Å². The van der Waals surface area contributed by atoms with Gasteiger partial charge in [-0.3, -0.25) is 14.5 Å². The van der Waals surface area contributed by atoms with Crippen LogP contribution in [0.2, 0.25) is 0 Å². The minimum absolute atomic E-state index is 0.0215. The van der Waals surface area contributed by atoms with Crippen LogP contribution in [0.3, 0.4) is 0 Å². The summed E-state index contributed by atoms with van der Waals surface area (Å²) in [5.41, 5.74) is 0.239. The maximum absolute atomic E-state index is 13.1. The molecule has 0 radical (unpaired) electrons. The van der Waals surface area contributed by atoms with Crippen LogP contribution < -0.4 is 15.0 Å². The average molecular weight is 511 g/mol. The van der Waals surface area contributed by atoms with E-state index in [9.17, 15) is 22.8 Å². The highest BCUT2D eigenvalue weighted by atomic mass is 32.2. The summed E-state index contributed by atoms with van der Waals surface area (Å²) < 4.78 is 43.2. The standard InChI is InChI=1S/C22H30N4O8S/c1-2-33-22(29)24-7-5-16(6-8-24)23-20(27)14-26-18-13-17(3-4-19(18)34-15-21(26)28)35(30,31)25-9-11-32-12-10-25/h3-4,13,16H,2,5-12,14-15H2,1H3,(H,23,27). The molecule has 192 valence electrons. The fourth-order valence-corrected chi connectivity index (χ4v) is 5.72. The molecule has 0 unspecified atom stereocenters. The third-order valence-electron chi connectivity index (χ3n) is 6.17. The van der Waals surface area contributed by atoms with E-state index in [2.05, 4.69) is 5.32 Å². The van der Waals surface area contributed by atoms with E-state index in [1.807, 2.05) is 0 Å². The minimum atomic E-state index is -3.79. The van der Waals surface area contributed by atoms with Crippen LogP contribution in [0, 0.1) is 0 Å². The lowest BCUT2D eigenvalue weighted by molar-refractivity contribution is -0.125. The first kappa shape index (κ1) is 25.2. The molecule has 1 N–H and O–H groups in total. The molecule has 0 spiro atoms. The largest absolute Gasteiger partial charge is 0.482 e. The zero-order chi connectivity index (χ0) is 25.0. The van der Waals surface area contributed by atoms with Gasteiger partial charge in [0.2, 0.25) is 15.9 Å². The quantitative estimate of drug-likeness (QED) is 0.572. The van der Waals surface area contributed by atoms with Gasteiger partial charge in [-0.25, -0.2) is 13.2 Å². The average Bonchev–Trinajstić information content (AvgIpc) is 2.86. The van der Waals surface area contributed by atoms with Gasteiger partial charge in [0.05, 0.1) is 30.4 Å². The van der Waals surface area contributed by atoms with E-state index in [1.165, 1.54) is 27.4 Å². The van der Waals surface area contributed by atoms with Gasteiger partial charge in [0.1, 0.15) is 12.3 Å². The first-order valence-electron chi connectivity index (χ1n) is 11.7. The lowest BCUT2D eigenvalue weighted by Crippen LogP contribution is -2.50.